The zero-order valence-electron chi connectivity index (χ0n) is 15.3. The van der Waals surface area contributed by atoms with Crippen molar-refractivity contribution < 1.29 is 18.8 Å². The van der Waals surface area contributed by atoms with Gasteiger partial charge in [0, 0.05) is 31.7 Å². The van der Waals surface area contributed by atoms with Gasteiger partial charge in [-0.15, -0.1) is 0 Å². The van der Waals surface area contributed by atoms with Crippen LogP contribution in [0, 0.1) is 13.8 Å². The number of hydrogen-bond donors (Lipinski definition) is 1. The second kappa shape index (κ2) is 7.15. The van der Waals surface area contributed by atoms with Crippen LogP contribution < -0.4 is 5.32 Å². The number of nitrogens with zero attached hydrogens (tertiary/aromatic N) is 2. The molecule has 1 aromatic rings. The fourth-order valence-corrected chi connectivity index (χ4v) is 4.30. The molecule has 138 valence electrons. The lowest BCUT2D eigenvalue weighted by Gasteiger charge is -2.44. The SMILES string of the molecule is COCCN1C(=O)CCC12CCC(NC(=O)c1c(C)noc1C)CC2. The number of amides is 2. The molecule has 1 aliphatic heterocycles. The lowest BCUT2D eigenvalue weighted by atomic mass is 9.77. The van der Waals surface area contributed by atoms with E-state index in [0.29, 0.717) is 36.6 Å². The zero-order valence-corrected chi connectivity index (χ0v) is 15.3. The van der Waals surface area contributed by atoms with Gasteiger partial charge in [-0.05, 0) is 46.0 Å². The van der Waals surface area contributed by atoms with Gasteiger partial charge in [-0.1, -0.05) is 5.16 Å². The number of rotatable bonds is 5. The molecule has 0 bridgehead atoms. The van der Waals surface area contributed by atoms with Crippen LogP contribution in [0.5, 0.6) is 0 Å². The van der Waals surface area contributed by atoms with E-state index in [1.807, 2.05) is 4.90 Å². The highest BCUT2D eigenvalue weighted by molar-refractivity contribution is 5.96. The van der Waals surface area contributed by atoms with Crippen molar-refractivity contribution in [1.82, 2.24) is 15.4 Å². The van der Waals surface area contributed by atoms with E-state index < -0.39 is 0 Å². The van der Waals surface area contributed by atoms with Gasteiger partial charge in [-0.25, -0.2) is 0 Å². The number of hydrogen-bond acceptors (Lipinski definition) is 5. The number of carbonyl (C=O) groups is 2. The number of methoxy groups -OCH3 is 1. The fourth-order valence-electron chi connectivity index (χ4n) is 4.30. The largest absolute Gasteiger partial charge is 0.383 e. The van der Waals surface area contributed by atoms with E-state index in [1.165, 1.54) is 0 Å². The Morgan fingerprint density at radius 2 is 2.08 bits per heavy atom. The van der Waals surface area contributed by atoms with E-state index in [2.05, 4.69) is 10.5 Å². The molecule has 1 aliphatic carbocycles. The van der Waals surface area contributed by atoms with Crippen molar-refractivity contribution in [3.8, 4) is 0 Å². The topological polar surface area (TPSA) is 84.7 Å². The maximum atomic E-state index is 12.5. The van der Waals surface area contributed by atoms with Gasteiger partial charge in [-0.3, -0.25) is 9.59 Å². The van der Waals surface area contributed by atoms with E-state index in [1.54, 1.807) is 21.0 Å². The number of likely N-dealkylation sites (tertiary alicyclic amines) is 1. The highest BCUT2D eigenvalue weighted by Gasteiger charge is 2.46. The van der Waals surface area contributed by atoms with Crippen LogP contribution in [0.25, 0.3) is 0 Å². The first-order valence-electron chi connectivity index (χ1n) is 9.00. The van der Waals surface area contributed by atoms with Crippen LogP contribution in [-0.2, 0) is 9.53 Å². The summed E-state index contributed by atoms with van der Waals surface area (Å²) in [5, 5.41) is 6.95. The normalized spacial score (nSPS) is 26.4. The van der Waals surface area contributed by atoms with Crippen molar-refractivity contribution in [2.24, 2.45) is 0 Å². The van der Waals surface area contributed by atoms with Crippen molar-refractivity contribution in [3.05, 3.63) is 17.0 Å². The predicted octanol–water partition coefficient (Wildman–Crippen LogP) is 1.97. The quantitative estimate of drug-likeness (QED) is 0.878. The van der Waals surface area contributed by atoms with Crippen molar-refractivity contribution in [2.75, 3.05) is 20.3 Å². The molecule has 0 unspecified atom stereocenters. The molecule has 2 fully saturated rings. The molecule has 1 aromatic heterocycles. The molecule has 1 N–H and O–H groups in total. The first-order chi connectivity index (χ1) is 12.0. The van der Waals surface area contributed by atoms with Crippen molar-refractivity contribution in [3.63, 3.8) is 0 Å². The highest BCUT2D eigenvalue weighted by atomic mass is 16.5. The summed E-state index contributed by atoms with van der Waals surface area (Å²) >= 11 is 0. The van der Waals surface area contributed by atoms with Gasteiger partial charge in [0.25, 0.3) is 5.91 Å². The van der Waals surface area contributed by atoms with E-state index in [-0.39, 0.29) is 23.4 Å². The van der Waals surface area contributed by atoms with Crippen molar-refractivity contribution >= 4 is 11.8 Å². The Morgan fingerprint density at radius 3 is 2.68 bits per heavy atom. The Kier molecular flexibility index (Phi) is 5.13. The average molecular weight is 349 g/mol. The van der Waals surface area contributed by atoms with Gasteiger partial charge in [0.1, 0.15) is 11.3 Å². The highest BCUT2D eigenvalue weighted by Crippen LogP contribution is 2.42. The van der Waals surface area contributed by atoms with Crippen LogP contribution in [0.4, 0.5) is 0 Å². The monoisotopic (exact) mass is 349 g/mol. The van der Waals surface area contributed by atoms with Crippen LogP contribution in [0.2, 0.25) is 0 Å². The first-order valence-corrected chi connectivity index (χ1v) is 9.00. The summed E-state index contributed by atoms with van der Waals surface area (Å²) in [7, 11) is 1.66. The minimum absolute atomic E-state index is 0.0418. The lowest BCUT2D eigenvalue weighted by molar-refractivity contribution is -0.133. The molecule has 3 rings (SSSR count). The summed E-state index contributed by atoms with van der Waals surface area (Å²) in [5.41, 5.74) is 1.12. The summed E-state index contributed by atoms with van der Waals surface area (Å²) in [6.07, 6.45) is 5.15. The molecular weight excluding hydrogens is 322 g/mol. The number of nitrogens with one attached hydrogen (secondary N) is 1. The number of aromatic nitrogens is 1. The fraction of sp³-hybridized carbons (Fsp3) is 0.722. The Morgan fingerprint density at radius 1 is 1.36 bits per heavy atom. The molecule has 1 spiro atoms. The van der Waals surface area contributed by atoms with Gasteiger partial charge < -0.3 is 19.5 Å². The minimum atomic E-state index is -0.115. The van der Waals surface area contributed by atoms with Crippen LogP contribution in [0.3, 0.4) is 0 Å². The van der Waals surface area contributed by atoms with Gasteiger partial charge in [0.2, 0.25) is 5.91 Å². The molecule has 0 aromatic carbocycles. The summed E-state index contributed by atoms with van der Waals surface area (Å²) in [5.74, 6) is 0.667. The van der Waals surface area contributed by atoms with Crippen LogP contribution in [0.1, 0.15) is 60.3 Å². The third kappa shape index (κ3) is 3.42. The van der Waals surface area contributed by atoms with Gasteiger partial charge >= 0.3 is 0 Å². The van der Waals surface area contributed by atoms with Crippen LogP contribution in [-0.4, -0.2) is 53.7 Å². The molecule has 7 heteroatoms. The lowest BCUT2D eigenvalue weighted by Crippen LogP contribution is -2.52. The number of aryl methyl sites for hydroxylation is 2. The average Bonchev–Trinajstić information content (AvgIpc) is 3.08. The third-order valence-corrected chi connectivity index (χ3v) is 5.71. The number of carbonyl (C=O) groups excluding carboxylic acids is 2. The Bertz CT molecular complexity index is 627. The Labute approximate surface area is 148 Å². The Hall–Kier alpha value is -1.89. The molecule has 25 heavy (non-hydrogen) atoms. The van der Waals surface area contributed by atoms with E-state index in [0.717, 1.165) is 32.1 Å². The molecule has 2 amide bonds. The molecular formula is C18H27N3O4. The summed E-state index contributed by atoms with van der Waals surface area (Å²) in [6.45, 7) is 4.76. The molecule has 2 aliphatic rings. The van der Waals surface area contributed by atoms with Gasteiger partial charge in [0.15, 0.2) is 0 Å². The standard InChI is InChI=1S/C18H27N3O4/c1-12-16(13(2)25-20-12)17(23)19-14-4-7-18(8-5-14)9-6-15(22)21(18)10-11-24-3/h14H,4-11H2,1-3H3,(H,19,23). The third-order valence-electron chi connectivity index (χ3n) is 5.71. The molecule has 0 atom stereocenters. The first kappa shape index (κ1) is 17.9. The van der Waals surface area contributed by atoms with Gasteiger partial charge in [-0.2, -0.15) is 0 Å². The summed E-state index contributed by atoms with van der Waals surface area (Å²) in [4.78, 5) is 26.7. The Balaban J connectivity index is 1.60. The maximum Gasteiger partial charge on any atom is 0.257 e. The predicted molar refractivity (Wildman–Crippen MR) is 91.3 cm³/mol. The van der Waals surface area contributed by atoms with Crippen LogP contribution >= 0.6 is 0 Å². The summed E-state index contributed by atoms with van der Waals surface area (Å²) < 4.78 is 10.2. The molecule has 1 saturated heterocycles. The maximum absolute atomic E-state index is 12.5. The summed E-state index contributed by atoms with van der Waals surface area (Å²) in [6, 6.07) is 0.131. The molecule has 0 radical (unpaired) electrons. The van der Waals surface area contributed by atoms with Gasteiger partial charge in [0.05, 0.1) is 12.3 Å². The van der Waals surface area contributed by atoms with E-state index in [9.17, 15) is 9.59 Å². The minimum Gasteiger partial charge on any atom is -0.383 e. The molecule has 2 heterocycles. The smallest absolute Gasteiger partial charge is 0.257 e. The zero-order chi connectivity index (χ0) is 18.0. The molecule has 1 saturated carbocycles. The van der Waals surface area contributed by atoms with Crippen LogP contribution in [0.15, 0.2) is 4.52 Å². The van der Waals surface area contributed by atoms with Crippen molar-refractivity contribution in [1.29, 1.82) is 0 Å². The second-order valence-corrected chi connectivity index (χ2v) is 7.21. The number of ether oxygens (including phenoxy) is 1. The van der Waals surface area contributed by atoms with Crippen molar-refractivity contribution in [2.45, 2.75) is 64.0 Å². The van der Waals surface area contributed by atoms with E-state index in [4.69, 9.17) is 9.26 Å². The molecule has 7 nitrogen and oxygen atoms in total. The second-order valence-electron chi connectivity index (χ2n) is 7.21. The van der Waals surface area contributed by atoms with E-state index >= 15 is 0 Å².